The van der Waals surface area contributed by atoms with E-state index >= 15 is 0 Å². The second-order valence-electron chi connectivity index (χ2n) is 4.94. The third kappa shape index (κ3) is 4.05. The van der Waals surface area contributed by atoms with Crippen LogP contribution in [0.2, 0.25) is 5.02 Å². The number of para-hydroxylation sites is 1. The molecule has 0 bridgehead atoms. The van der Waals surface area contributed by atoms with E-state index in [0.717, 1.165) is 21.5 Å². The lowest BCUT2D eigenvalue weighted by molar-refractivity contribution is -0.115. The van der Waals surface area contributed by atoms with Crippen molar-refractivity contribution in [1.29, 1.82) is 0 Å². The quantitative estimate of drug-likeness (QED) is 0.613. The number of nitrogens with one attached hydrogen (secondary N) is 1. The van der Waals surface area contributed by atoms with Gasteiger partial charge in [-0.2, -0.15) is 0 Å². The van der Waals surface area contributed by atoms with Gasteiger partial charge in [0, 0.05) is 9.92 Å². The Kier molecular flexibility index (Phi) is 5.20. The minimum Gasteiger partial charge on any atom is -0.301 e. The van der Waals surface area contributed by atoms with Gasteiger partial charge in [-0.25, -0.2) is 4.98 Å². The number of carbonyl (C=O) groups is 1. The van der Waals surface area contributed by atoms with Gasteiger partial charge < -0.3 is 5.32 Å². The van der Waals surface area contributed by atoms with Gasteiger partial charge in [-0.15, -0.1) is 11.8 Å². The van der Waals surface area contributed by atoms with Crippen LogP contribution in [0.25, 0.3) is 10.2 Å². The van der Waals surface area contributed by atoms with E-state index in [1.165, 1.54) is 23.1 Å². The number of fused-ring (bicyclic) bond motifs is 1. The molecule has 0 radical (unpaired) electrons. The summed E-state index contributed by atoms with van der Waals surface area (Å²) in [4.78, 5) is 18.0. The summed E-state index contributed by atoms with van der Waals surface area (Å²) in [6.07, 6.45) is 0.740. The first kappa shape index (κ1) is 16.3. The van der Waals surface area contributed by atoms with Crippen LogP contribution in [-0.2, 0) is 4.79 Å². The zero-order valence-electron chi connectivity index (χ0n) is 12.5. The summed E-state index contributed by atoms with van der Waals surface area (Å²) in [5, 5.41) is 4.11. The average Bonchev–Trinajstić information content (AvgIpc) is 2.96. The van der Waals surface area contributed by atoms with Gasteiger partial charge in [0.2, 0.25) is 5.91 Å². The fourth-order valence-corrected chi connectivity index (χ4v) is 4.06. The number of rotatable bonds is 5. The van der Waals surface area contributed by atoms with Crippen molar-refractivity contribution in [3.05, 3.63) is 53.6 Å². The highest BCUT2D eigenvalue weighted by Gasteiger charge is 2.19. The van der Waals surface area contributed by atoms with E-state index in [2.05, 4.69) is 10.3 Å². The summed E-state index contributed by atoms with van der Waals surface area (Å²) in [5.41, 5.74) is 0.909. The number of nitrogens with zero attached hydrogens (tertiary/aromatic N) is 1. The summed E-state index contributed by atoms with van der Waals surface area (Å²) < 4.78 is 1.07. The zero-order chi connectivity index (χ0) is 16.2. The molecule has 1 atom stereocenters. The van der Waals surface area contributed by atoms with Crippen LogP contribution in [-0.4, -0.2) is 16.1 Å². The van der Waals surface area contributed by atoms with E-state index in [0.29, 0.717) is 10.2 Å². The fraction of sp³-hybridized carbons (Fsp3) is 0.176. The van der Waals surface area contributed by atoms with Crippen molar-refractivity contribution >= 4 is 56.0 Å². The largest absolute Gasteiger partial charge is 0.301 e. The van der Waals surface area contributed by atoms with Crippen molar-refractivity contribution in [1.82, 2.24) is 4.98 Å². The lowest BCUT2D eigenvalue weighted by Gasteiger charge is -2.13. The number of halogens is 1. The molecule has 1 unspecified atom stereocenters. The van der Waals surface area contributed by atoms with Crippen molar-refractivity contribution in [2.24, 2.45) is 0 Å². The van der Waals surface area contributed by atoms with E-state index < -0.39 is 0 Å². The molecule has 3 aromatic rings. The molecule has 1 aromatic heterocycles. The highest BCUT2D eigenvalue weighted by molar-refractivity contribution is 8.00. The lowest BCUT2D eigenvalue weighted by Crippen LogP contribution is -2.24. The number of carbonyl (C=O) groups excluding carboxylic acids is 1. The topological polar surface area (TPSA) is 42.0 Å². The number of hydrogen-bond donors (Lipinski definition) is 1. The van der Waals surface area contributed by atoms with Crippen molar-refractivity contribution in [2.75, 3.05) is 5.32 Å². The third-order valence-corrected chi connectivity index (χ3v) is 5.86. The van der Waals surface area contributed by atoms with Gasteiger partial charge in [-0.05, 0) is 42.8 Å². The SMILES string of the molecule is CCC(Sc1ccc(Cl)cc1)C(=O)Nc1nc2ccccc2s1. The molecule has 0 aliphatic heterocycles. The highest BCUT2D eigenvalue weighted by Crippen LogP contribution is 2.29. The highest BCUT2D eigenvalue weighted by atomic mass is 35.5. The number of anilines is 1. The van der Waals surface area contributed by atoms with E-state index in [1.807, 2.05) is 55.5 Å². The Labute approximate surface area is 148 Å². The predicted octanol–water partition coefficient (Wildman–Crippen LogP) is 5.46. The Morgan fingerprint density at radius 3 is 2.70 bits per heavy atom. The molecule has 2 aromatic carbocycles. The number of thioether (sulfide) groups is 1. The molecule has 118 valence electrons. The van der Waals surface area contributed by atoms with Crippen LogP contribution in [0, 0.1) is 0 Å². The van der Waals surface area contributed by atoms with E-state index in [4.69, 9.17) is 11.6 Å². The first-order valence-electron chi connectivity index (χ1n) is 7.24. The monoisotopic (exact) mass is 362 g/mol. The van der Waals surface area contributed by atoms with Gasteiger partial charge >= 0.3 is 0 Å². The average molecular weight is 363 g/mol. The Morgan fingerprint density at radius 2 is 2.00 bits per heavy atom. The summed E-state index contributed by atoms with van der Waals surface area (Å²) in [6.45, 7) is 2.01. The molecule has 3 rings (SSSR count). The van der Waals surface area contributed by atoms with Crippen molar-refractivity contribution in [3.63, 3.8) is 0 Å². The second kappa shape index (κ2) is 7.34. The molecule has 3 nitrogen and oxygen atoms in total. The van der Waals surface area contributed by atoms with Crippen LogP contribution in [0.15, 0.2) is 53.4 Å². The van der Waals surface area contributed by atoms with Gasteiger partial charge in [-0.1, -0.05) is 42.0 Å². The standard InChI is InChI=1S/C17H15ClN2OS2/c1-2-14(22-12-9-7-11(18)8-10-12)16(21)20-17-19-13-5-3-4-6-15(13)23-17/h3-10,14H,2H2,1H3,(H,19,20,21). The molecule has 0 spiro atoms. The van der Waals surface area contributed by atoms with Crippen molar-refractivity contribution in [2.45, 2.75) is 23.5 Å². The lowest BCUT2D eigenvalue weighted by atomic mass is 10.3. The second-order valence-corrected chi connectivity index (χ2v) is 7.69. The molecule has 1 amide bonds. The minimum absolute atomic E-state index is 0.0218. The van der Waals surface area contributed by atoms with E-state index in [-0.39, 0.29) is 11.2 Å². The van der Waals surface area contributed by atoms with Crippen LogP contribution in [0.4, 0.5) is 5.13 Å². The zero-order valence-corrected chi connectivity index (χ0v) is 14.8. The molecule has 6 heteroatoms. The van der Waals surface area contributed by atoms with Crippen molar-refractivity contribution in [3.8, 4) is 0 Å². The van der Waals surface area contributed by atoms with Gasteiger partial charge in [0.05, 0.1) is 15.5 Å². The maximum atomic E-state index is 12.5. The van der Waals surface area contributed by atoms with Gasteiger partial charge in [-0.3, -0.25) is 4.79 Å². The Hall–Kier alpha value is -1.56. The van der Waals surface area contributed by atoms with Crippen LogP contribution < -0.4 is 5.32 Å². The predicted molar refractivity (Wildman–Crippen MR) is 99.6 cm³/mol. The molecule has 0 fully saturated rings. The first-order chi connectivity index (χ1) is 11.2. The minimum atomic E-state index is -0.164. The normalized spacial score (nSPS) is 12.3. The number of amides is 1. The Morgan fingerprint density at radius 1 is 1.26 bits per heavy atom. The number of thiazole rings is 1. The molecular formula is C17H15ClN2OS2. The molecule has 0 saturated carbocycles. The first-order valence-corrected chi connectivity index (χ1v) is 9.32. The molecule has 1 heterocycles. The van der Waals surface area contributed by atoms with E-state index in [9.17, 15) is 4.79 Å². The van der Waals surface area contributed by atoms with E-state index in [1.54, 1.807) is 0 Å². The fourth-order valence-electron chi connectivity index (χ4n) is 2.11. The van der Waals surface area contributed by atoms with Crippen molar-refractivity contribution < 1.29 is 4.79 Å². The van der Waals surface area contributed by atoms with Crippen LogP contribution in [0.3, 0.4) is 0 Å². The number of hydrogen-bond acceptors (Lipinski definition) is 4. The third-order valence-electron chi connectivity index (χ3n) is 3.28. The molecule has 0 saturated heterocycles. The van der Waals surface area contributed by atoms with Crippen LogP contribution in [0.5, 0.6) is 0 Å². The Balaban J connectivity index is 1.70. The number of benzene rings is 2. The molecule has 23 heavy (non-hydrogen) atoms. The Bertz CT molecular complexity index is 784. The molecular weight excluding hydrogens is 348 g/mol. The molecule has 1 N–H and O–H groups in total. The summed E-state index contributed by atoms with van der Waals surface area (Å²) in [6, 6.07) is 15.4. The molecule has 0 aliphatic rings. The van der Waals surface area contributed by atoms with Crippen LogP contribution in [0.1, 0.15) is 13.3 Å². The maximum Gasteiger partial charge on any atom is 0.239 e. The summed E-state index contributed by atoms with van der Waals surface area (Å²) in [7, 11) is 0. The molecule has 0 aliphatic carbocycles. The van der Waals surface area contributed by atoms with Gasteiger partial charge in [0.25, 0.3) is 0 Å². The van der Waals surface area contributed by atoms with Gasteiger partial charge in [0.15, 0.2) is 5.13 Å². The van der Waals surface area contributed by atoms with Crippen LogP contribution >= 0.6 is 34.7 Å². The summed E-state index contributed by atoms with van der Waals surface area (Å²) in [5.74, 6) is -0.0218. The van der Waals surface area contributed by atoms with Gasteiger partial charge in [0.1, 0.15) is 0 Å². The maximum absolute atomic E-state index is 12.5. The summed E-state index contributed by atoms with van der Waals surface area (Å²) >= 11 is 8.93. The number of aromatic nitrogens is 1. The smallest absolute Gasteiger partial charge is 0.239 e.